The van der Waals surface area contributed by atoms with Gasteiger partial charge in [-0.05, 0) is 18.4 Å². The third-order valence-electron chi connectivity index (χ3n) is 4.89. The van der Waals surface area contributed by atoms with Crippen molar-refractivity contribution < 1.29 is 9.59 Å². The maximum Gasteiger partial charge on any atom is 0.274 e. The molecule has 3 heterocycles. The summed E-state index contributed by atoms with van der Waals surface area (Å²) in [4.78, 5) is 34.9. The van der Waals surface area contributed by atoms with Gasteiger partial charge in [-0.25, -0.2) is 9.67 Å². The zero-order chi connectivity index (χ0) is 20.1. The van der Waals surface area contributed by atoms with E-state index in [0.29, 0.717) is 25.3 Å². The van der Waals surface area contributed by atoms with Crippen molar-refractivity contribution in [1.29, 1.82) is 0 Å². The molecular weight excluding hydrogens is 370 g/mol. The number of rotatable bonds is 6. The third-order valence-corrected chi connectivity index (χ3v) is 4.89. The summed E-state index contributed by atoms with van der Waals surface area (Å²) in [6.45, 7) is 1.57. The van der Waals surface area contributed by atoms with Crippen LogP contribution in [0.3, 0.4) is 0 Å². The quantitative estimate of drug-likeness (QED) is 0.679. The molecule has 9 heteroatoms. The van der Waals surface area contributed by atoms with Crippen LogP contribution in [0.5, 0.6) is 0 Å². The first-order valence-corrected chi connectivity index (χ1v) is 9.50. The van der Waals surface area contributed by atoms with Gasteiger partial charge in [-0.3, -0.25) is 14.6 Å². The summed E-state index contributed by atoms with van der Waals surface area (Å²) < 4.78 is 1.62. The van der Waals surface area contributed by atoms with Crippen LogP contribution in [0.25, 0.3) is 0 Å². The standard InChI is InChI=1S/C20H21N7O2/c28-19(23-11-15-5-2-1-3-6-15)18-14-26(25-24-18)13-16-7-4-10-27(16)20(29)17-12-21-8-9-22-17/h1-3,5-6,8-9,12,14,16H,4,7,10-11,13H2,(H,23,28)/t16-/m0/s1. The number of hydrogen-bond donors (Lipinski definition) is 1. The van der Waals surface area contributed by atoms with E-state index >= 15 is 0 Å². The largest absolute Gasteiger partial charge is 0.347 e. The molecule has 3 aromatic rings. The maximum atomic E-state index is 12.7. The molecule has 1 aromatic carbocycles. The Balaban J connectivity index is 1.37. The lowest BCUT2D eigenvalue weighted by atomic mass is 10.2. The molecule has 0 spiro atoms. The highest BCUT2D eigenvalue weighted by Gasteiger charge is 2.30. The third kappa shape index (κ3) is 4.45. The number of carbonyl (C=O) groups excluding carboxylic acids is 2. The molecule has 0 radical (unpaired) electrons. The van der Waals surface area contributed by atoms with Gasteiger partial charge in [0.1, 0.15) is 5.69 Å². The minimum atomic E-state index is -0.279. The van der Waals surface area contributed by atoms with Crippen molar-refractivity contribution in [1.82, 2.24) is 35.2 Å². The van der Waals surface area contributed by atoms with Gasteiger partial charge in [0.15, 0.2) is 5.69 Å². The van der Waals surface area contributed by atoms with Crippen molar-refractivity contribution in [3.8, 4) is 0 Å². The Kier molecular flexibility index (Phi) is 5.55. The van der Waals surface area contributed by atoms with Crippen molar-refractivity contribution in [3.05, 3.63) is 72.1 Å². The molecule has 0 unspecified atom stereocenters. The van der Waals surface area contributed by atoms with Gasteiger partial charge in [0.25, 0.3) is 11.8 Å². The van der Waals surface area contributed by atoms with Crippen LogP contribution in [0.15, 0.2) is 55.1 Å². The Bertz CT molecular complexity index is 975. The molecule has 1 aliphatic heterocycles. The van der Waals surface area contributed by atoms with Crippen LogP contribution < -0.4 is 5.32 Å². The van der Waals surface area contributed by atoms with E-state index in [-0.39, 0.29) is 23.6 Å². The van der Waals surface area contributed by atoms with E-state index in [1.165, 1.54) is 18.6 Å². The van der Waals surface area contributed by atoms with E-state index in [1.807, 2.05) is 30.3 Å². The summed E-state index contributed by atoms with van der Waals surface area (Å²) in [5, 5.41) is 10.9. The molecule has 0 bridgehead atoms. The zero-order valence-corrected chi connectivity index (χ0v) is 15.8. The number of amides is 2. The van der Waals surface area contributed by atoms with Crippen LogP contribution in [0.1, 0.15) is 39.4 Å². The van der Waals surface area contributed by atoms with Crippen molar-refractivity contribution in [2.24, 2.45) is 0 Å². The van der Waals surface area contributed by atoms with Crippen molar-refractivity contribution in [2.45, 2.75) is 32.0 Å². The first-order chi connectivity index (χ1) is 14.2. The van der Waals surface area contributed by atoms with Crippen molar-refractivity contribution in [3.63, 3.8) is 0 Å². The van der Waals surface area contributed by atoms with E-state index in [9.17, 15) is 9.59 Å². The second-order valence-electron chi connectivity index (χ2n) is 6.88. The van der Waals surface area contributed by atoms with Gasteiger partial charge in [0.05, 0.1) is 25.0 Å². The highest BCUT2D eigenvalue weighted by molar-refractivity contribution is 5.92. The second-order valence-corrected chi connectivity index (χ2v) is 6.88. The van der Waals surface area contributed by atoms with Crippen LogP contribution in [-0.4, -0.2) is 54.3 Å². The molecule has 9 nitrogen and oxygen atoms in total. The molecule has 148 valence electrons. The number of hydrogen-bond acceptors (Lipinski definition) is 6. The minimum Gasteiger partial charge on any atom is -0.347 e. The normalized spacial score (nSPS) is 16.0. The van der Waals surface area contributed by atoms with E-state index in [2.05, 4.69) is 25.6 Å². The highest BCUT2D eigenvalue weighted by Crippen LogP contribution is 2.20. The molecule has 1 aliphatic rings. The molecule has 4 rings (SSSR count). The predicted octanol–water partition coefficient (Wildman–Crippen LogP) is 1.30. The number of likely N-dealkylation sites (tertiary alicyclic amines) is 1. The SMILES string of the molecule is O=C(NCc1ccccc1)c1cn(C[C@@H]2CCCN2C(=O)c2cnccn2)nn1. The second kappa shape index (κ2) is 8.59. The zero-order valence-electron chi connectivity index (χ0n) is 15.8. The number of carbonyl (C=O) groups is 2. The van der Waals surface area contributed by atoms with Gasteiger partial charge >= 0.3 is 0 Å². The summed E-state index contributed by atoms with van der Waals surface area (Å²) in [5.74, 6) is -0.416. The Hall–Kier alpha value is -3.62. The van der Waals surface area contributed by atoms with E-state index < -0.39 is 0 Å². The topological polar surface area (TPSA) is 106 Å². The molecule has 1 atom stereocenters. The first kappa shape index (κ1) is 18.7. The fourth-order valence-electron chi connectivity index (χ4n) is 3.43. The summed E-state index contributed by atoms with van der Waals surface area (Å²) in [5.41, 5.74) is 1.60. The summed E-state index contributed by atoms with van der Waals surface area (Å²) in [7, 11) is 0. The number of aromatic nitrogens is 5. The van der Waals surface area contributed by atoms with Crippen LogP contribution in [-0.2, 0) is 13.1 Å². The fourth-order valence-corrected chi connectivity index (χ4v) is 3.43. The lowest BCUT2D eigenvalue weighted by molar-refractivity contribution is 0.0714. The Morgan fingerprint density at radius 2 is 2.00 bits per heavy atom. The Morgan fingerprint density at radius 3 is 2.79 bits per heavy atom. The lowest BCUT2D eigenvalue weighted by Gasteiger charge is -2.23. The molecule has 0 aliphatic carbocycles. The smallest absolute Gasteiger partial charge is 0.274 e. The Labute approximate surface area is 167 Å². The first-order valence-electron chi connectivity index (χ1n) is 9.50. The molecule has 1 saturated heterocycles. The van der Waals surface area contributed by atoms with Crippen LogP contribution in [0.2, 0.25) is 0 Å². The molecule has 1 N–H and O–H groups in total. The van der Waals surface area contributed by atoms with Gasteiger partial charge in [-0.15, -0.1) is 5.10 Å². The van der Waals surface area contributed by atoms with Crippen molar-refractivity contribution >= 4 is 11.8 Å². The van der Waals surface area contributed by atoms with Gasteiger partial charge in [0, 0.05) is 25.5 Å². The van der Waals surface area contributed by atoms with Crippen LogP contribution in [0.4, 0.5) is 0 Å². The Morgan fingerprint density at radius 1 is 1.14 bits per heavy atom. The maximum absolute atomic E-state index is 12.7. The summed E-state index contributed by atoms with van der Waals surface area (Å²) in [6, 6.07) is 9.64. The van der Waals surface area contributed by atoms with E-state index in [1.54, 1.807) is 15.8 Å². The fraction of sp³-hybridized carbons (Fsp3) is 0.300. The molecule has 0 saturated carbocycles. The highest BCUT2D eigenvalue weighted by atomic mass is 16.2. The van der Waals surface area contributed by atoms with Crippen molar-refractivity contribution in [2.75, 3.05) is 6.54 Å². The van der Waals surface area contributed by atoms with Gasteiger partial charge in [0.2, 0.25) is 0 Å². The monoisotopic (exact) mass is 391 g/mol. The molecule has 2 aromatic heterocycles. The number of benzene rings is 1. The van der Waals surface area contributed by atoms with Gasteiger partial charge in [-0.1, -0.05) is 35.5 Å². The average molecular weight is 391 g/mol. The summed E-state index contributed by atoms with van der Waals surface area (Å²) in [6.07, 6.45) is 7.91. The minimum absolute atomic E-state index is 0.0218. The molecular formula is C20H21N7O2. The van der Waals surface area contributed by atoms with Crippen LogP contribution in [0, 0.1) is 0 Å². The molecule has 1 fully saturated rings. The molecule has 2 amide bonds. The lowest BCUT2D eigenvalue weighted by Crippen LogP contribution is -2.38. The molecule has 29 heavy (non-hydrogen) atoms. The van der Waals surface area contributed by atoms with Gasteiger partial charge in [-0.2, -0.15) is 0 Å². The van der Waals surface area contributed by atoms with Gasteiger partial charge < -0.3 is 10.2 Å². The summed E-state index contributed by atoms with van der Waals surface area (Å²) >= 11 is 0. The van der Waals surface area contributed by atoms with E-state index in [4.69, 9.17) is 0 Å². The van der Waals surface area contributed by atoms with Crippen LogP contribution >= 0.6 is 0 Å². The van der Waals surface area contributed by atoms with E-state index in [0.717, 1.165) is 18.4 Å². The predicted molar refractivity (Wildman–Crippen MR) is 104 cm³/mol. The number of nitrogens with zero attached hydrogens (tertiary/aromatic N) is 6. The average Bonchev–Trinajstić information content (AvgIpc) is 3.43. The number of nitrogens with one attached hydrogen (secondary N) is 1.